The number of hydrogen-bond donors (Lipinski definition) is 2. The number of rotatable bonds is 6. The molecule has 0 spiro atoms. The third kappa shape index (κ3) is 4.66. The maximum absolute atomic E-state index is 14.8. The Morgan fingerprint density at radius 3 is 2.70 bits per heavy atom. The molecule has 0 aliphatic rings. The summed E-state index contributed by atoms with van der Waals surface area (Å²) in [4.78, 5) is 18.6. The molecule has 30 heavy (non-hydrogen) atoms. The Labute approximate surface area is 181 Å². The van der Waals surface area contributed by atoms with E-state index in [1.54, 1.807) is 26.1 Å². The number of benzene rings is 1. The molecule has 3 rings (SSSR count). The van der Waals surface area contributed by atoms with E-state index in [0.29, 0.717) is 33.3 Å². The zero-order chi connectivity index (χ0) is 21.8. The number of hydrogen-bond acceptors (Lipinski definition) is 6. The molecule has 3 aromatic rings. The molecule has 2 heterocycles. The van der Waals surface area contributed by atoms with Crippen LogP contribution in [0.1, 0.15) is 12.6 Å². The maximum Gasteiger partial charge on any atom is 0.331 e. The van der Waals surface area contributed by atoms with Gasteiger partial charge in [-0.15, -0.1) is 10.2 Å². The first-order chi connectivity index (χ1) is 14.3. The van der Waals surface area contributed by atoms with E-state index >= 15 is 0 Å². The molecule has 0 aliphatic carbocycles. The zero-order valence-electron chi connectivity index (χ0n) is 16.2. The average molecular weight is 453 g/mol. The first kappa shape index (κ1) is 21.9. The van der Waals surface area contributed by atoms with Crippen LogP contribution in [0, 0.1) is 5.82 Å². The Morgan fingerprint density at radius 2 is 2.10 bits per heavy atom. The molecule has 0 saturated heterocycles. The van der Waals surface area contributed by atoms with Gasteiger partial charge in [-0.25, -0.2) is 15.0 Å². The number of aryl methyl sites for hydroxylation is 1. The normalized spacial score (nSPS) is 10.9. The summed E-state index contributed by atoms with van der Waals surface area (Å²) >= 11 is 12.5. The largest absolute Gasteiger partial charge is 0.331 e. The number of carbonyl (C=O) groups is 1. The number of nitrogens with one attached hydrogen (secondary N) is 1. The van der Waals surface area contributed by atoms with Crippen LogP contribution >= 0.6 is 23.2 Å². The summed E-state index contributed by atoms with van der Waals surface area (Å²) < 4.78 is 14.8. The van der Waals surface area contributed by atoms with Gasteiger partial charge in [0.2, 0.25) is 5.82 Å². The van der Waals surface area contributed by atoms with Crippen molar-refractivity contribution in [2.45, 2.75) is 13.3 Å². The third-order valence-electron chi connectivity index (χ3n) is 4.43. The van der Waals surface area contributed by atoms with Crippen LogP contribution in [-0.2, 0) is 13.5 Å². The number of hydrazine groups is 1. The van der Waals surface area contributed by atoms with Crippen LogP contribution in [0.25, 0.3) is 22.5 Å². The quantitative estimate of drug-likeness (QED) is 0.337. The number of aromatic nitrogens is 5. The van der Waals surface area contributed by atoms with Gasteiger partial charge in [0.25, 0.3) is 0 Å². The molecule has 0 radical (unpaired) electrons. The van der Waals surface area contributed by atoms with Gasteiger partial charge in [0.15, 0.2) is 0 Å². The number of amides is 2. The van der Waals surface area contributed by atoms with Crippen LogP contribution in [0.4, 0.5) is 9.18 Å². The summed E-state index contributed by atoms with van der Waals surface area (Å²) in [6, 6.07) is 4.09. The summed E-state index contributed by atoms with van der Waals surface area (Å²) in [6.45, 7) is 2.49. The van der Waals surface area contributed by atoms with Crippen LogP contribution in [0.5, 0.6) is 0 Å². The molecule has 2 amide bonds. The van der Waals surface area contributed by atoms with Crippen LogP contribution in [0.2, 0.25) is 10.0 Å². The highest BCUT2D eigenvalue weighted by molar-refractivity contribution is 6.37. The molecule has 2 aromatic heterocycles. The minimum atomic E-state index is -0.522. The monoisotopic (exact) mass is 452 g/mol. The second-order valence-electron chi connectivity index (χ2n) is 6.34. The Balaban J connectivity index is 1.94. The SMILES string of the molecule is CCN(CCc1ncc(-c2cc(Cl)cc(Cl)c2-c2nnn(C)n2)cc1F)C(=O)NN. The summed E-state index contributed by atoms with van der Waals surface area (Å²) in [5.74, 6) is 4.91. The van der Waals surface area contributed by atoms with Crippen molar-refractivity contribution in [3.8, 4) is 22.5 Å². The average Bonchev–Trinajstić information content (AvgIpc) is 3.14. The van der Waals surface area contributed by atoms with E-state index in [1.807, 2.05) is 0 Å². The van der Waals surface area contributed by atoms with Crippen molar-refractivity contribution < 1.29 is 9.18 Å². The fourth-order valence-electron chi connectivity index (χ4n) is 2.95. The number of nitrogens with zero attached hydrogens (tertiary/aromatic N) is 6. The number of likely N-dealkylation sites (N-methyl/N-ethyl adjacent to an activating group) is 1. The molecule has 9 nitrogen and oxygen atoms in total. The van der Waals surface area contributed by atoms with Gasteiger partial charge in [0.05, 0.1) is 17.8 Å². The van der Waals surface area contributed by atoms with Crippen molar-refractivity contribution in [3.63, 3.8) is 0 Å². The lowest BCUT2D eigenvalue weighted by Gasteiger charge is -2.19. The maximum atomic E-state index is 14.8. The van der Waals surface area contributed by atoms with Crippen LogP contribution in [-0.4, -0.2) is 49.2 Å². The Kier molecular flexibility index (Phi) is 6.80. The van der Waals surface area contributed by atoms with E-state index < -0.39 is 11.8 Å². The van der Waals surface area contributed by atoms with Crippen molar-refractivity contribution in [1.82, 2.24) is 35.5 Å². The van der Waals surface area contributed by atoms with Crippen LogP contribution < -0.4 is 11.3 Å². The van der Waals surface area contributed by atoms with Gasteiger partial charge in [-0.1, -0.05) is 23.2 Å². The predicted molar refractivity (Wildman–Crippen MR) is 111 cm³/mol. The number of pyridine rings is 1. The lowest BCUT2D eigenvalue weighted by Crippen LogP contribution is -2.44. The van der Waals surface area contributed by atoms with Crippen molar-refractivity contribution >= 4 is 29.2 Å². The Hall–Kier alpha value is -2.82. The smallest absolute Gasteiger partial charge is 0.324 e. The minimum Gasteiger partial charge on any atom is -0.324 e. The van der Waals surface area contributed by atoms with Crippen molar-refractivity contribution in [1.29, 1.82) is 0 Å². The molecule has 0 fully saturated rings. The van der Waals surface area contributed by atoms with Gasteiger partial charge in [-0.05, 0) is 35.9 Å². The Bertz CT molecular complexity index is 1070. The van der Waals surface area contributed by atoms with E-state index in [0.717, 1.165) is 0 Å². The van der Waals surface area contributed by atoms with E-state index in [2.05, 4.69) is 25.8 Å². The molecule has 3 N–H and O–H groups in total. The number of carbonyl (C=O) groups excluding carboxylic acids is 1. The van der Waals surface area contributed by atoms with Gasteiger partial charge >= 0.3 is 6.03 Å². The van der Waals surface area contributed by atoms with Crippen LogP contribution in [0.3, 0.4) is 0 Å². The second kappa shape index (κ2) is 9.33. The summed E-state index contributed by atoms with van der Waals surface area (Å²) in [5.41, 5.74) is 3.73. The standard InChI is InChI=1S/C18H19Cl2FN8O/c1-3-29(18(30)24-22)5-4-15-14(21)6-10(9-23-15)12-7-11(19)8-13(20)16(12)17-25-27-28(2)26-17/h6-9H,3-5,22H2,1-2H3,(H,24,30). The first-order valence-electron chi connectivity index (χ1n) is 8.97. The summed E-state index contributed by atoms with van der Waals surface area (Å²) in [6.07, 6.45) is 1.74. The number of halogens is 3. The lowest BCUT2D eigenvalue weighted by molar-refractivity contribution is 0.201. The van der Waals surface area contributed by atoms with Gasteiger partial charge in [-0.2, -0.15) is 4.80 Å². The molecule has 0 aliphatic heterocycles. The topological polar surface area (TPSA) is 115 Å². The van der Waals surface area contributed by atoms with Crippen LogP contribution in [0.15, 0.2) is 24.4 Å². The van der Waals surface area contributed by atoms with Crippen molar-refractivity contribution in [2.24, 2.45) is 12.9 Å². The number of tetrazole rings is 1. The van der Waals surface area contributed by atoms with Crippen molar-refractivity contribution in [2.75, 3.05) is 13.1 Å². The highest BCUT2D eigenvalue weighted by Crippen LogP contribution is 2.38. The molecular formula is C18H19Cl2FN8O. The Morgan fingerprint density at radius 1 is 1.33 bits per heavy atom. The molecule has 12 heteroatoms. The van der Waals surface area contributed by atoms with E-state index in [-0.39, 0.29) is 24.5 Å². The predicted octanol–water partition coefficient (Wildman–Crippen LogP) is 2.83. The van der Waals surface area contributed by atoms with Crippen molar-refractivity contribution in [3.05, 3.63) is 46.0 Å². The highest BCUT2D eigenvalue weighted by atomic mass is 35.5. The summed E-state index contributed by atoms with van der Waals surface area (Å²) in [5, 5.41) is 12.7. The van der Waals surface area contributed by atoms with Gasteiger partial charge < -0.3 is 4.90 Å². The molecular weight excluding hydrogens is 434 g/mol. The zero-order valence-corrected chi connectivity index (χ0v) is 17.7. The van der Waals surface area contributed by atoms with E-state index in [4.69, 9.17) is 29.0 Å². The third-order valence-corrected chi connectivity index (χ3v) is 4.94. The number of urea groups is 1. The molecule has 0 bridgehead atoms. The molecule has 0 atom stereocenters. The number of nitrogens with two attached hydrogens (primary N) is 1. The molecule has 0 unspecified atom stereocenters. The van der Waals surface area contributed by atoms with Gasteiger partial charge in [0, 0.05) is 41.9 Å². The highest BCUT2D eigenvalue weighted by Gasteiger charge is 2.19. The van der Waals surface area contributed by atoms with E-state index in [9.17, 15) is 9.18 Å². The van der Waals surface area contributed by atoms with E-state index in [1.165, 1.54) is 22.0 Å². The van der Waals surface area contributed by atoms with Gasteiger partial charge in [-0.3, -0.25) is 10.4 Å². The molecule has 0 saturated carbocycles. The fourth-order valence-corrected chi connectivity index (χ4v) is 3.52. The minimum absolute atomic E-state index is 0.217. The fraction of sp³-hybridized carbons (Fsp3) is 0.278. The first-order valence-corrected chi connectivity index (χ1v) is 9.73. The second-order valence-corrected chi connectivity index (χ2v) is 7.19. The molecule has 1 aromatic carbocycles. The van der Waals surface area contributed by atoms with Gasteiger partial charge in [0.1, 0.15) is 5.82 Å². The summed E-state index contributed by atoms with van der Waals surface area (Å²) in [7, 11) is 1.63. The lowest BCUT2D eigenvalue weighted by atomic mass is 10.00. The molecule has 158 valence electrons.